The summed E-state index contributed by atoms with van der Waals surface area (Å²) in [6, 6.07) is 0. The number of rotatable bonds is 10. The van der Waals surface area contributed by atoms with Crippen LogP contribution in [0.1, 0.15) is 0 Å². The standard InChI is InChI=1S/C12H27N3O6/c13-1-4-18-9-8(7-16)21-12(17)11(20-6-3-15)10(9)19-5-2-14/h8-12,16-17H,1-7,13-15H2/t8-,9+,10+,11-,12-/m1/s1. The minimum atomic E-state index is -1.24. The minimum Gasteiger partial charge on any atom is -0.394 e. The van der Waals surface area contributed by atoms with E-state index in [1.807, 2.05) is 0 Å². The fraction of sp³-hybridized carbons (Fsp3) is 1.00. The highest BCUT2D eigenvalue weighted by Crippen LogP contribution is 2.26. The summed E-state index contributed by atoms with van der Waals surface area (Å²) in [4.78, 5) is 0. The van der Waals surface area contributed by atoms with Gasteiger partial charge >= 0.3 is 0 Å². The highest BCUT2D eigenvalue weighted by molar-refractivity contribution is 4.92. The Hall–Kier alpha value is -0.360. The minimum absolute atomic E-state index is 0.237. The Morgan fingerprint density at radius 2 is 1.29 bits per heavy atom. The molecule has 0 radical (unpaired) electrons. The molecule has 0 amide bonds. The first-order valence-corrected chi connectivity index (χ1v) is 7.09. The van der Waals surface area contributed by atoms with Crippen LogP contribution in [0.2, 0.25) is 0 Å². The van der Waals surface area contributed by atoms with Gasteiger partial charge in [-0.05, 0) is 0 Å². The average Bonchev–Trinajstić information content (AvgIpc) is 2.50. The molecule has 1 aliphatic rings. The van der Waals surface area contributed by atoms with Crippen LogP contribution in [0.3, 0.4) is 0 Å². The Balaban J connectivity index is 2.83. The number of ether oxygens (including phenoxy) is 4. The molecule has 0 unspecified atom stereocenters. The van der Waals surface area contributed by atoms with Crippen molar-refractivity contribution in [2.45, 2.75) is 30.7 Å². The maximum atomic E-state index is 10.0. The van der Waals surface area contributed by atoms with Gasteiger partial charge in [0.05, 0.1) is 26.4 Å². The second-order valence-corrected chi connectivity index (χ2v) is 4.62. The molecule has 1 heterocycles. The lowest BCUT2D eigenvalue weighted by molar-refractivity contribution is -0.309. The van der Waals surface area contributed by atoms with Crippen LogP contribution in [-0.2, 0) is 18.9 Å². The van der Waals surface area contributed by atoms with Crippen molar-refractivity contribution in [2.75, 3.05) is 46.1 Å². The summed E-state index contributed by atoms with van der Waals surface area (Å²) >= 11 is 0. The zero-order valence-electron chi connectivity index (χ0n) is 12.1. The van der Waals surface area contributed by atoms with Crippen LogP contribution in [0.15, 0.2) is 0 Å². The van der Waals surface area contributed by atoms with Gasteiger partial charge in [0.25, 0.3) is 0 Å². The van der Waals surface area contributed by atoms with E-state index >= 15 is 0 Å². The smallest absolute Gasteiger partial charge is 0.184 e. The van der Waals surface area contributed by atoms with Gasteiger partial charge in [-0.15, -0.1) is 0 Å². The van der Waals surface area contributed by atoms with E-state index in [0.717, 1.165) is 0 Å². The van der Waals surface area contributed by atoms with Gasteiger partial charge in [0.1, 0.15) is 24.4 Å². The molecule has 1 fully saturated rings. The molecule has 126 valence electrons. The molecule has 5 atom stereocenters. The lowest BCUT2D eigenvalue weighted by atomic mass is 9.98. The lowest BCUT2D eigenvalue weighted by Gasteiger charge is -2.43. The van der Waals surface area contributed by atoms with Crippen molar-refractivity contribution in [2.24, 2.45) is 17.2 Å². The third kappa shape index (κ3) is 5.40. The van der Waals surface area contributed by atoms with Gasteiger partial charge in [-0.1, -0.05) is 0 Å². The van der Waals surface area contributed by atoms with E-state index in [0.29, 0.717) is 19.6 Å². The second kappa shape index (κ2) is 10.4. The highest BCUT2D eigenvalue weighted by atomic mass is 16.7. The number of hydrogen-bond acceptors (Lipinski definition) is 9. The highest BCUT2D eigenvalue weighted by Gasteiger charge is 2.47. The second-order valence-electron chi connectivity index (χ2n) is 4.62. The van der Waals surface area contributed by atoms with Crippen molar-refractivity contribution in [1.82, 2.24) is 0 Å². The summed E-state index contributed by atoms with van der Waals surface area (Å²) in [5.41, 5.74) is 16.3. The quantitative estimate of drug-likeness (QED) is 0.279. The molecule has 9 heteroatoms. The zero-order valence-corrected chi connectivity index (χ0v) is 12.1. The molecule has 8 N–H and O–H groups in total. The van der Waals surface area contributed by atoms with E-state index in [-0.39, 0.29) is 26.4 Å². The van der Waals surface area contributed by atoms with Gasteiger partial charge < -0.3 is 46.4 Å². The maximum absolute atomic E-state index is 10.0. The van der Waals surface area contributed by atoms with Crippen molar-refractivity contribution in [1.29, 1.82) is 0 Å². The molecular formula is C12H27N3O6. The van der Waals surface area contributed by atoms with E-state index in [4.69, 9.17) is 36.1 Å². The van der Waals surface area contributed by atoms with Gasteiger partial charge in [-0.25, -0.2) is 0 Å². The SMILES string of the molecule is NCCO[C@@H]1[C@@H](OCCN)[C@H](O)O[C@H](CO)[C@@H]1OCCN. The Morgan fingerprint density at radius 1 is 0.810 bits per heavy atom. The number of hydrogen-bond donors (Lipinski definition) is 5. The zero-order chi connectivity index (χ0) is 15.7. The normalized spacial score (nSPS) is 33.3. The maximum Gasteiger partial charge on any atom is 0.184 e. The van der Waals surface area contributed by atoms with Gasteiger partial charge in [-0.3, -0.25) is 0 Å². The predicted molar refractivity (Wildman–Crippen MR) is 74.3 cm³/mol. The van der Waals surface area contributed by atoms with Crippen LogP contribution >= 0.6 is 0 Å². The Labute approximate surface area is 124 Å². The summed E-state index contributed by atoms with van der Waals surface area (Å²) in [6.07, 6.45) is -3.99. The van der Waals surface area contributed by atoms with Crippen LogP contribution in [0.5, 0.6) is 0 Å². The summed E-state index contributed by atoms with van der Waals surface area (Å²) in [5.74, 6) is 0. The van der Waals surface area contributed by atoms with Crippen molar-refractivity contribution < 1.29 is 29.2 Å². The molecule has 1 aliphatic heterocycles. The van der Waals surface area contributed by atoms with E-state index < -0.39 is 30.7 Å². The Bertz CT molecular complexity index is 273. The van der Waals surface area contributed by atoms with E-state index in [9.17, 15) is 10.2 Å². The topological polar surface area (TPSA) is 155 Å². The van der Waals surface area contributed by atoms with Crippen LogP contribution in [0.4, 0.5) is 0 Å². The van der Waals surface area contributed by atoms with Gasteiger partial charge in [0.15, 0.2) is 6.29 Å². The lowest BCUT2D eigenvalue weighted by Crippen LogP contribution is -2.61. The van der Waals surface area contributed by atoms with E-state index in [1.165, 1.54) is 0 Å². The third-order valence-electron chi connectivity index (χ3n) is 3.07. The molecule has 0 aromatic carbocycles. The molecular weight excluding hydrogens is 282 g/mol. The third-order valence-corrected chi connectivity index (χ3v) is 3.07. The molecule has 0 saturated carbocycles. The van der Waals surface area contributed by atoms with Gasteiger partial charge in [0, 0.05) is 19.6 Å². The first-order valence-electron chi connectivity index (χ1n) is 7.09. The number of nitrogens with two attached hydrogens (primary N) is 3. The van der Waals surface area contributed by atoms with Crippen LogP contribution in [0, 0.1) is 0 Å². The van der Waals surface area contributed by atoms with Crippen LogP contribution in [-0.4, -0.2) is 87.0 Å². The molecule has 9 nitrogen and oxygen atoms in total. The molecule has 0 spiro atoms. The average molecular weight is 309 g/mol. The largest absolute Gasteiger partial charge is 0.394 e. The summed E-state index contributed by atoms with van der Waals surface area (Å²) in [6.45, 7) is 1.37. The Morgan fingerprint density at radius 3 is 1.76 bits per heavy atom. The van der Waals surface area contributed by atoms with Gasteiger partial charge in [0.2, 0.25) is 0 Å². The molecule has 0 aromatic rings. The fourth-order valence-electron chi connectivity index (χ4n) is 2.22. The van der Waals surface area contributed by atoms with E-state index in [2.05, 4.69) is 0 Å². The van der Waals surface area contributed by atoms with Gasteiger partial charge in [-0.2, -0.15) is 0 Å². The Kier molecular flexibility index (Phi) is 9.24. The molecule has 1 rings (SSSR count). The summed E-state index contributed by atoms with van der Waals surface area (Å²) in [7, 11) is 0. The predicted octanol–water partition coefficient (Wildman–Crippen LogP) is -3.27. The first-order chi connectivity index (χ1) is 10.2. The first kappa shape index (κ1) is 18.7. The van der Waals surface area contributed by atoms with Crippen molar-refractivity contribution >= 4 is 0 Å². The summed E-state index contributed by atoms with van der Waals surface area (Å²) in [5, 5.41) is 19.4. The van der Waals surface area contributed by atoms with Crippen molar-refractivity contribution in [3.05, 3.63) is 0 Å². The number of aliphatic hydroxyl groups is 2. The molecule has 0 bridgehead atoms. The molecule has 21 heavy (non-hydrogen) atoms. The molecule has 0 aliphatic carbocycles. The van der Waals surface area contributed by atoms with E-state index in [1.54, 1.807) is 0 Å². The molecule has 1 saturated heterocycles. The number of aliphatic hydroxyl groups excluding tert-OH is 2. The van der Waals surface area contributed by atoms with Crippen molar-refractivity contribution in [3.8, 4) is 0 Å². The summed E-state index contributed by atoms with van der Waals surface area (Å²) < 4.78 is 22.1. The van der Waals surface area contributed by atoms with Crippen molar-refractivity contribution in [3.63, 3.8) is 0 Å². The van der Waals surface area contributed by atoms with Crippen LogP contribution < -0.4 is 17.2 Å². The molecule has 0 aromatic heterocycles. The van der Waals surface area contributed by atoms with Crippen LogP contribution in [0.25, 0.3) is 0 Å². The fourth-order valence-corrected chi connectivity index (χ4v) is 2.22. The monoisotopic (exact) mass is 309 g/mol.